The van der Waals surface area contributed by atoms with E-state index in [0.29, 0.717) is 5.41 Å². The van der Waals surface area contributed by atoms with Gasteiger partial charge in [0.2, 0.25) is 0 Å². The van der Waals surface area contributed by atoms with Gasteiger partial charge in [0.15, 0.2) is 0 Å². The maximum Gasteiger partial charge on any atom is 0.0507 e. The third kappa shape index (κ3) is 2.92. The Kier molecular flexibility index (Phi) is 4.00. The van der Waals surface area contributed by atoms with Crippen LogP contribution in [0.5, 0.6) is 0 Å². The van der Waals surface area contributed by atoms with Gasteiger partial charge in [-0.05, 0) is 37.1 Å². The average Bonchev–Trinajstić information content (AvgIpc) is 2.89. The fourth-order valence-electron chi connectivity index (χ4n) is 2.66. The first kappa shape index (κ1) is 11.4. The average molecular weight is 212 g/mol. The Morgan fingerprint density at radius 3 is 3.07 bits per heavy atom. The van der Waals surface area contributed by atoms with Crippen LogP contribution in [-0.2, 0) is 4.74 Å². The second-order valence-electron chi connectivity index (χ2n) is 5.14. The minimum absolute atomic E-state index is 0.527. The summed E-state index contributed by atoms with van der Waals surface area (Å²) in [7, 11) is 0. The maximum absolute atomic E-state index is 5.38. The molecule has 2 saturated heterocycles. The normalized spacial score (nSPS) is 36.2. The third-order valence-corrected chi connectivity index (χ3v) is 4.04. The van der Waals surface area contributed by atoms with E-state index in [1.165, 1.54) is 38.9 Å². The molecular weight excluding hydrogens is 188 g/mol. The molecule has 2 fully saturated rings. The van der Waals surface area contributed by atoms with Crippen molar-refractivity contribution in [1.29, 1.82) is 0 Å². The molecule has 0 spiro atoms. The van der Waals surface area contributed by atoms with Crippen LogP contribution in [0.1, 0.15) is 26.2 Å². The molecule has 0 amide bonds. The number of hydrogen-bond donors (Lipinski definition) is 2. The van der Waals surface area contributed by atoms with E-state index in [9.17, 15) is 0 Å². The SMILES string of the molecule is CCC1(CNCC2CCOC2)CCNC1. The molecule has 2 unspecified atom stereocenters. The van der Waals surface area contributed by atoms with Crippen LogP contribution >= 0.6 is 0 Å². The van der Waals surface area contributed by atoms with Gasteiger partial charge in [0, 0.05) is 26.2 Å². The second-order valence-corrected chi connectivity index (χ2v) is 5.14. The van der Waals surface area contributed by atoms with Crippen LogP contribution in [-0.4, -0.2) is 39.4 Å². The van der Waals surface area contributed by atoms with Crippen LogP contribution in [0.2, 0.25) is 0 Å². The molecule has 0 saturated carbocycles. The predicted molar refractivity (Wildman–Crippen MR) is 62.0 cm³/mol. The van der Waals surface area contributed by atoms with Gasteiger partial charge in [-0.25, -0.2) is 0 Å². The molecule has 3 nitrogen and oxygen atoms in total. The fraction of sp³-hybridized carbons (Fsp3) is 1.00. The topological polar surface area (TPSA) is 33.3 Å². The Hall–Kier alpha value is -0.120. The highest BCUT2D eigenvalue weighted by Crippen LogP contribution is 2.28. The summed E-state index contributed by atoms with van der Waals surface area (Å²) in [6.07, 6.45) is 3.86. The Balaban J connectivity index is 1.67. The van der Waals surface area contributed by atoms with E-state index >= 15 is 0 Å². The summed E-state index contributed by atoms with van der Waals surface area (Å²) in [5.41, 5.74) is 0.527. The summed E-state index contributed by atoms with van der Waals surface area (Å²) in [6, 6.07) is 0. The molecule has 3 heteroatoms. The molecule has 88 valence electrons. The number of hydrogen-bond acceptors (Lipinski definition) is 3. The molecule has 0 radical (unpaired) electrons. The quantitative estimate of drug-likeness (QED) is 0.713. The van der Waals surface area contributed by atoms with Gasteiger partial charge >= 0.3 is 0 Å². The highest BCUT2D eigenvalue weighted by atomic mass is 16.5. The first-order valence-electron chi connectivity index (χ1n) is 6.34. The smallest absolute Gasteiger partial charge is 0.0507 e. The van der Waals surface area contributed by atoms with Crippen LogP contribution in [0.15, 0.2) is 0 Å². The van der Waals surface area contributed by atoms with E-state index in [-0.39, 0.29) is 0 Å². The zero-order valence-electron chi connectivity index (χ0n) is 9.85. The molecule has 2 aliphatic rings. The van der Waals surface area contributed by atoms with Crippen molar-refractivity contribution in [3.63, 3.8) is 0 Å². The van der Waals surface area contributed by atoms with Crippen molar-refractivity contribution in [2.75, 3.05) is 39.4 Å². The van der Waals surface area contributed by atoms with Crippen molar-refractivity contribution in [3.8, 4) is 0 Å². The largest absolute Gasteiger partial charge is 0.381 e. The summed E-state index contributed by atoms with van der Waals surface area (Å²) >= 11 is 0. The van der Waals surface area contributed by atoms with E-state index in [1.807, 2.05) is 0 Å². The van der Waals surface area contributed by atoms with Crippen molar-refractivity contribution in [3.05, 3.63) is 0 Å². The number of ether oxygens (including phenoxy) is 1. The van der Waals surface area contributed by atoms with Gasteiger partial charge in [-0.15, -0.1) is 0 Å². The van der Waals surface area contributed by atoms with Gasteiger partial charge in [0.1, 0.15) is 0 Å². The highest BCUT2D eigenvalue weighted by molar-refractivity contribution is 4.88. The van der Waals surface area contributed by atoms with Crippen molar-refractivity contribution in [2.24, 2.45) is 11.3 Å². The number of rotatable bonds is 5. The zero-order chi connectivity index (χ0) is 10.6. The van der Waals surface area contributed by atoms with E-state index in [4.69, 9.17) is 4.74 Å². The van der Waals surface area contributed by atoms with Gasteiger partial charge in [0.25, 0.3) is 0 Å². The van der Waals surface area contributed by atoms with Crippen molar-refractivity contribution in [1.82, 2.24) is 10.6 Å². The standard InChI is InChI=1S/C12H24N2O/c1-2-12(4-5-13-9-12)10-14-7-11-3-6-15-8-11/h11,13-14H,2-10H2,1H3. The molecule has 0 aromatic carbocycles. The van der Waals surface area contributed by atoms with Crippen molar-refractivity contribution < 1.29 is 4.74 Å². The van der Waals surface area contributed by atoms with E-state index in [2.05, 4.69) is 17.6 Å². The van der Waals surface area contributed by atoms with Gasteiger partial charge in [-0.3, -0.25) is 0 Å². The number of nitrogens with one attached hydrogen (secondary N) is 2. The first-order chi connectivity index (χ1) is 7.35. The summed E-state index contributed by atoms with van der Waals surface area (Å²) in [6.45, 7) is 8.94. The molecule has 0 aromatic heterocycles. The van der Waals surface area contributed by atoms with E-state index in [0.717, 1.165) is 25.7 Å². The molecule has 2 heterocycles. The molecule has 2 atom stereocenters. The monoisotopic (exact) mass is 212 g/mol. The maximum atomic E-state index is 5.38. The zero-order valence-corrected chi connectivity index (χ0v) is 9.85. The second kappa shape index (κ2) is 5.28. The molecule has 2 aliphatic heterocycles. The first-order valence-corrected chi connectivity index (χ1v) is 6.34. The van der Waals surface area contributed by atoms with Crippen LogP contribution in [0.4, 0.5) is 0 Å². The van der Waals surface area contributed by atoms with E-state index < -0.39 is 0 Å². The Morgan fingerprint density at radius 1 is 1.53 bits per heavy atom. The minimum atomic E-state index is 0.527. The summed E-state index contributed by atoms with van der Waals surface area (Å²) in [5.74, 6) is 0.758. The van der Waals surface area contributed by atoms with Crippen molar-refractivity contribution >= 4 is 0 Å². The lowest BCUT2D eigenvalue weighted by molar-refractivity contribution is 0.183. The summed E-state index contributed by atoms with van der Waals surface area (Å²) in [4.78, 5) is 0. The molecule has 0 aliphatic carbocycles. The lowest BCUT2D eigenvalue weighted by Gasteiger charge is -2.27. The van der Waals surface area contributed by atoms with Gasteiger partial charge in [-0.1, -0.05) is 6.92 Å². The lowest BCUT2D eigenvalue weighted by atomic mass is 9.84. The van der Waals surface area contributed by atoms with Crippen LogP contribution in [0.3, 0.4) is 0 Å². The highest BCUT2D eigenvalue weighted by Gasteiger charge is 2.31. The van der Waals surface area contributed by atoms with Crippen LogP contribution < -0.4 is 10.6 Å². The van der Waals surface area contributed by atoms with E-state index in [1.54, 1.807) is 0 Å². The molecule has 15 heavy (non-hydrogen) atoms. The predicted octanol–water partition coefficient (Wildman–Crippen LogP) is 1.00. The Morgan fingerprint density at radius 2 is 2.47 bits per heavy atom. The molecule has 2 rings (SSSR count). The van der Waals surface area contributed by atoms with Gasteiger partial charge in [0.05, 0.1) is 6.61 Å². The van der Waals surface area contributed by atoms with Gasteiger partial charge in [-0.2, -0.15) is 0 Å². The summed E-state index contributed by atoms with van der Waals surface area (Å²) < 4.78 is 5.38. The fourth-order valence-corrected chi connectivity index (χ4v) is 2.66. The Bertz CT molecular complexity index is 184. The van der Waals surface area contributed by atoms with Crippen LogP contribution in [0.25, 0.3) is 0 Å². The molecule has 0 bridgehead atoms. The van der Waals surface area contributed by atoms with Gasteiger partial charge < -0.3 is 15.4 Å². The molecule has 0 aromatic rings. The lowest BCUT2D eigenvalue weighted by Crippen LogP contribution is -2.37. The Labute approximate surface area is 93.0 Å². The van der Waals surface area contributed by atoms with Crippen LogP contribution in [0, 0.1) is 11.3 Å². The minimum Gasteiger partial charge on any atom is -0.381 e. The molecular formula is C12H24N2O. The third-order valence-electron chi connectivity index (χ3n) is 4.04. The summed E-state index contributed by atoms with van der Waals surface area (Å²) in [5, 5.41) is 7.12. The van der Waals surface area contributed by atoms with Crippen molar-refractivity contribution in [2.45, 2.75) is 26.2 Å². The molecule has 2 N–H and O–H groups in total.